The van der Waals surface area contributed by atoms with Gasteiger partial charge in [0.05, 0.1) is 9.50 Å². The van der Waals surface area contributed by atoms with Gasteiger partial charge in [0, 0.05) is 18.8 Å². The van der Waals surface area contributed by atoms with Crippen LogP contribution in [0.5, 0.6) is 0 Å². The first-order chi connectivity index (χ1) is 8.15. The molecule has 4 heteroatoms. The third-order valence-corrected chi connectivity index (χ3v) is 4.69. The van der Waals surface area contributed by atoms with Crippen molar-refractivity contribution >= 4 is 33.3 Å². The van der Waals surface area contributed by atoms with E-state index in [1.54, 1.807) is 6.20 Å². The SMILES string of the molecule is CC1CCC(CNc2cc(Cl)c(Br)cn2)CC1. The van der Waals surface area contributed by atoms with Gasteiger partial charge in [-0.25, -0.2) is 4.98 Å². The van der Waals surface area contributed by atoms with Crippen LogP contribution in [0.25, 0.3) is 0 Å². The molecule has 94 valence electrons. The minimum absolute atomic E-state index is 0.708. The molecule has 0 aromatic carbocycles. The Morgan fingerprint density at radius 2 is 2.12 bits per heavy atom. The molecule has 2 rings (SSSR count). The molecule has 0 radical (unpaired) electrons. The highest BCUT2D eigenvalue weighted by Crippen LogP contribution is 2.29. The molecule has 1 saturated carbocycles. The van der Waals surface area contributed by atoms with E-state index in [4.69, 9.17) is 11.6 Å². The molecule has 2 nitrogen and oxygen atoms in total. The van der Waals surface area contributed by atoms with E-state index in [1.165, 1.54) is 25.7 Å². The molecule has 1 N–H and O–H groups in total. The van der Waals surface area contributed by atoms with Crippen LogP contribution in [0.4, 0.5) is 5.82 Å². The Bertz CT molecular complexity index is 376. The van der Waals surface area contributed by atoms with E-state index in [2.05, 4.69) is 33.2 Å². The number of hydrogen-bond acceptors (Lipinski definition) is 2. The molecule has 1 heterocycles. The maximum absolute atomic E-state index is 6.03. The number of rotatable bonds is 3. The van der Waals surface area contributed by atoms with Crippen molar-refractivity contribution in [1.82, 2.24) is 4.98 Å². The Balaban J connectivity index is 1.83. The zero-order chi connectivity index (χ0) is 12.3. The molecule has 0 atom stereocenters. The van der Waals surface area contributed by atoms with Crippen LogP contribution in [0, 0.1) is 11.8 Å². The number of nitrogens with one attached hydrogen (secondary N) is 1. The molecular formula is C13H18BrClN2. The largest absolute Gasteiger partial charge is 0.370 e. The lowest BCUT2D eigenvalue weighted by Gasteiger charge is -2.26. The standard InChI is InChI=1S/C13H18BrClN2/c1-9-2-4-10(5-3-9)7-16-13-6-12(15)11(14)8-17-13/h6,8-10H,2-5,7H2,1H3,(H,16,17). The Hall–Kier alpha value is -0.280. The summed E-state index contributed by atoms with van der Waals surface area (Å²) in [5.41, 5.74) is 0. The van der Waals surface area contributed by atoms with Crippen LogP contribution in [0.1, 0.15) is 32.6 Å². The number of aromatic nitrogens is 1. The van der Waals surface area contributed by atoms with Gasteiger partial charge in [0.1, 0.15) is 5.82 Å². The van der Waals surface area contributed by atoms with E-state index < -0.39 is 0 Å². The monoisotopic (exact) mass is 316 g/mol. The van der Waals surface area contributed by atoms with Gasteiger partial charge in [0.15, 0.2) is 0 Å². The van der Waals surface area contributed by atoms with Crippen molar-refractivity contribution in [1.29, 1.82) is 0 Å². The Labute approximate surface area is 116 Å². The van der Waals surface area contributed by atoms with Crippen molar-refractivity contribution in [3.8, 4) is 0 Å². The molecule has 0 aliphatic heterocycles. The molecule has 1 aliphatic carbocycles. The predicted octanol–water partition coefficient (Wildman–Crippen LogP) is 4.74. The van der Waals surface area contributed by atoms with E-state index in [1.807, 2.05) is 6.07 Å². The second kappa shape index (κ2) is 6.05. The molecule has 17 heavy (non-hydrogen) atoms. The normalized spacial score (nSPS) is 24.6. The predicted molar refractivity (Wildman–Crippen MR) is 76.6 cm³/mol. The van der Waals surface area contributed by atoms with Crippen LogP contribution in [-0.2, 0) is 0 Å². The molecule has 0 unspecified atom stereocenters. The zero-order valence-corrected chi connectivity index (χ0v) is 12.4. The summed E-state index contributed by atoms with van der Waals surface area (Å²) in [4.78, 5) is 4.30. The second-order valence-electron chi connectivity index (χ2n) is 4.99. The average Bonchev–Trinajstić information content (AvgIpc) is 2.33. The van der Waals surface area contributed by atoms with Gasteiger partial charge >= 0.3 is 0 Å². The first kappa shape index (κ1) is 13.2. The minimum atomic E-state index is 0.708. The maximum Gasteiger partial charge on any atom is 0.127 e. The Kier molecular flexibility index (Phi) is 4.69. The second-order valence-corrected chi connectivity index (χ2v) is 6.25. The smallest absolute Gasteiger partial charge is 0.127 e. The highest BCUT2D eigenvalue weighted by atomic mass is 79.9. The maximum atomic E-state index is 6.03. The van der Waals surface area contributed by atoms with Crippen molar-refractivity contribution in [3.05, 3.63) is 21.8 Å². The third kappa shape index (κ3) is 3.85. The van der Waals surface area contributed by atoms with E-state index in [0.29, 0.717) is 5.02 Å². The average molecular weight is 318 g/mol. The van der Waals surface area contributed by atoms with Crippen LogP contribution in [-0.4, -0.2) is 11.5 Å². The molecule has 1 aromatic rings. The van der Waals surface area contributed by atoms with Crippen molar-refractivity contribution in [2.75, 3.05) is 11.9 Å². The lowest BCUT2D eigenvalue weighted by molar-refractivity contribution is 0.300. The van der Waals surface area contributed by atoms with Crippen LogP contribution in [0.3, 0.4) is 0 Å². The van der Waals surface area contributed by atoms with Crippen molar-refractivity contribution < 1.29 is 0 Å². The van der Waals surface area contributed by atoms with Crippen LogP contribution < -0.4 is 5.32 Å². The van der Waals surface area contributed by atoms with Gasteiger partial charge in [-0.2, -0.15) is 0 Å². The Morgan fingerprint density at radius 1 is 1.41 bits per heavy atom. The van der Waals surface area contributed by atoms with E-state index in [0.717, 1.165) is 28.7 Å². The van der Waals surface area contributed by atoms with Gasteiger partial charge in [-0.3, -0.25) is 0 Å². The molecule has 1 aliphatic rings. The fourth-order valence-corrected chi connectivity index (χ4v) is 2.66. The topological polar surface area (TPSA) is 24.9 Å². The van der Waals surface area contributed by atoms with Gasteiger partial charge in [-0.05, 0) is 40.6 Å². The molecule has 1 aromatic heterocycles. The molecular weight excluding hydrogens is 300 g/mol. The summed E-state index contributed by atoms with van der Waals surface area (Å²) >= 11 is 9.37. The molecule has 0 bridgehead atoms. The van der Waals surface area contributed by atoms with Gasteiger partial charge in [0.2, 0.25) is 0 Å². The van der Waals surface area contributed by atoms with Crippen molar-refractivity contribution in [2.45, 2.75) is 32.6 Å². The van der Waals surface area contributed by atoms with Gasteiger partial charge in [-0.15, -0.1) is 0 Å². The van der Waals surface area contributed by atoms with E-state index >= 15 is 0 Å². The summed E-state index contributed by atoms with van der Waals surface area (Å²) in [6, 6.07) is 1.87. The summed E-state index contributed by atoms with van der Waals surface area (Å²) in [5, 5.41) is 4.09. The summed E-state index contributed by atoms with van der Waals surface area (Å²) in [7, 11) is 0. The first-order valence-corrected chi connectivity index (χ1v) is 7.37. The van der Waals surface area contributed by atoms with Gasteiger partial charge < -0.3 is 5.32 Å². The van der Waals surface area contributed by atoms with Gasteiger partial charge in [0.25, 0.3) is 0 Å². The molecule has 0 spiro atoms. The van der Waals surface area contributed by atoms with Crippen LogP contribution in [0.15, 0.2) is 16.7 Å². The lowest BCUT2D eigenvalue weighted by atomic mass is 9.83. The van der Waals surface area contributed by atoms with Crippen molar-refractivity contribution in [3.63, 3.8) is 0 Å². The summed E-state index contributed by atoms with van der Waals surface area (Å²) in [6.45, 7) is 3.36. The number of hydrogen-bond donors (Lipinski definition) is 1. The summed E-state index contributed by atoms with van der Waals surface area (Å²) < 4.78 is 0.844. The van der Waals surface area contributed by atoms with Crippen LogP contribution in [0.2, 0.25) is 5.02 Å². The molecule has 1 fully saturated rings. The highest BCUT2D eigenvalue weighted by Gasteiger charge is 2.17. The number of anilines is 1. The Morgan fingerprint density at radius 3 is 2.76 bits per heavy atom. The summed E-state index contributed by atoms with van der Waals surface area (Å²) in [5.74, 6) is 2.57. The fourth-order valence-electron chi connectivity index (χ4n) is 2.29. The van der Waals surface area contributed by atoms with Crippen molar-refractivity contribution in [2.24, 2.45) is 11.8 Å². The number of pyridine rings is 1. The zero-order valence-electron chi connectivity index (χ0n) is 10.0. The summed E-state index contributed by atoms with van der Waals surface area (Å²) in [6.07, 6.45) is 7.13. The number of halogens is 2. The van der Waals surface area contributed by atoms with E-state index in [9.17, 15) is 0 Å². The quantitative estimate of drug-likeness (QED) is 0.871. The molecule has 0 saturated heterocycles. The minimum Gasteiger partial charge on any atom is -0.370 e. The molecule has 0 amide bonds. The lowest BCUT2D eigenvalue weighted by Crippen LogP contribution is -2.20. The highest BCUT2D eigenvalue weighted by molar-refractivity contribution is 9.10. The van der Waals surface area contributed by atoms with Crippen LogP contribution >= 0.6 is 27.5 Å². The fraction of sp³-hybridized carbons (Fsp3) is 0.615. The first-order valence-electron chi connectivity index (χ1n) is 6.20. The number of nitrogens with zero attached hydrogens (tertiary/aromatic N) is 1. The van der Waals surface area contributed by atoms with E-state index in [-0.39, 0.29) is 0 Å². The van der Waals surface area contributed by atoms with Gasteiger partial charge in [-0.1, -0.05) is 31.4 Å². The third-order valence-electron chi connectivity index (χ3n) is 3.52.